The van der Waals surface area contributed by atoms with Crippen molar-refractivity contribution in [1.82, 2.24) is 9.71 Å². The molecule has 1 aromatic carbocycles. The summed E-state index contributed by atoms with van der Waals surface area (Å²) in [6.45, 7) is 2.04. The van der Waals surface area contributed by atoms with Crippen LogP contribution in [0.15, 0.2) is 23.1 Å². The van der Waals surface area contributed by atoms with Crippen LogP contribution in [-0.2, 0) is 32.4 Å². The molecule has 0 radical (unpaired) electrons. The molecule has 3 N–H and O–H groups in total. The number of anilines is 1. The van der Waals surface area contributed by atoms with Gasteiger partial charge in [-0.1, -0.05) is 0 Å². The fourth-order valence-corrected chi connectivity index (χ4v) is 4.76. The van der Waals surface area contributed by atoms with E-state index < -0.39 is 16.0 Å². The second-order valence-electron chi connectivity index (χ2n) is 7.23. The summed E-state index contributed by atoms with van der Waals surface area (Å²) in [4.78, 5) is 28.2. The molecule has 0 bridgehead atoms. The molecule has 1 amide bonds. The highest BCUT2D eigenvalue weighted by atomic mass is 32.2. The van der Waals surface area contributed by atoms with E-state index in [1.54, 1.807) is 19.1 Å². The maximum absolute atomic E-state index is 12.6. The molecule has 0 fully saturated rings. The Labute approximate surface area is 174 Å². The molecule has 0 spiro atoms. The highest BCUT2D eigenvalue weighted by Crippen LogP contribution is 2.37. The zero-order valence-corrected chi connectivity index (χ0v) is 17.6. The number of aromatic amines is 1. The molecule has 0 unspecified atom stereocenters. The summed E-state index contributed by atoms with van der Waals surface area (Å²) in [6, 6.07) is 4.50. The molecule has 158 valence electrons. The fraction of sp³-hybridized carbons (Fsp3) is 0.333. The van der Waals surface area contributed by atoms with Gasteiger partial charge in [-0.2, -0.15) is 0 Å². The van der Waals surface area contributed by atoms with Crippen LogP contribution < -0.4 is 10.0 Å². The molecule has 30 heavy (non-hydrogen) atoms. The zero-order chi connectivity index (χ0) is 21.5. The summed E-state index contributed by atoms with van der Waals surface area (Å²) in [5, 5.41) is 2.77. The van der Waals surface area contributed by atoms with Gasteiger partial charge in [0.25, 0.3) is 5.91 Å². The molecule has 9 heteroatoms. The Kier molecular flexibility index (Phi) is 5.25. The number of fused-ring (bicyclic) bond motifs is 2. The van der Waals surface area contributed by atoms with E-state index in [0.29, 0.717) is 28.2 Å². The summed E-state index contributed by atoms with van der Waals surface area (Å²) in [7, 11) is -2.31. The van der Waals surface area contributed by atoms with Gasteiger partial charge in [-0.15, -0.1) is 0 Å². The third-order valence-corrected chi connectivity index (χ3v) is 6.89. The predicted molar refractivity (Wildman–Crippen MR) is 113 cm³/mol. The van der Waals surface area contributed by atoms with Crippen LogP contribution in [0.25, 0.3) is 11.6 Å². The Hall–Kier alpha value is -2.91. The third-order valence-electron chi connectivity index (χ3n) is 5.48. The Morgan fingerprint density at radius 2 is 1.97 bits per heavy atom. The quantitative estimate of drug-likeness (QED) is 0.499. The number of H-pyrrole nitrogens is 1. The Bertz CT molecular complexity index is 1180. The monoisotopic (exact) mass is 429 g/mol. The molecule has 1 aliphatic carbocycles. The summed E-state index contributed by atoms with van der Waals surface area (Å²) >= 11 is 0. The number of amides is 1. The number of benzene rings is 1. The lowest BCUT2D eigenvalue weighted by Gasteiger charge is -2.13. The van der Waals surface area contributed by atoms with Crippen LogP contribution in [0.1, 0.15) is 52.6 Å². The van der Waals surface area contributed by atoms with Crippen molar-refractivity contribution in [1.29, 1.82) is 0 Å². The van der Waals surface area contributed by atoms with Crippen LogP contribution in [-0.4, -0.2) is 38.9 Å². The molecule has 4 rings (SSSR count). The van der Waals surface area contributed by atoms with Gasteiger partial charge in [0, 0.05) is 16.9 Å². The standard InChI is InChI=1S/C21H23N3O5S/c1-3-29-21(26)19-14-7-5-4-6-13(14)18(23-19)11-16-15-10-12(30(27,28)22-2)8-9-17(15)24-20(16)25/h8-11,22-23H,3-7H2,1-2H3,(H,24,25). The number of carbonyl (C=O) groups is 2. The van der Waals surface area contributed by atoms with Gasteiger partial charge < -0.3 is 15.0 Å². The topological polar surface area (TPSA) is 117 Å². The number of rotatable bonds is 5. The van der Waals surface area contributed by atoms with Crippen LogP contribution in [0.4, 0.5) is 5.69 Å². The molecule has 2 aliphatic rings. The van der Waals surface area contributed by atoms with E-state index in [1.807, 2.05) is 0 Å². The largest absolute Gasteiger partial charge is 0.461 e. The maximum atomic E-state index is 12.6. The van der Waals surface area contributed by atoms with E-state index in [-0.39, 0.29) is 17.4 Å². The lowest BCUT2D eigenvalue weighted by atomic mass is 9.91. The lowest BCUT2D eigenvalue weighted by molar-refractivity contribution is -0.110. The van der Waals surface area contributed by atoms with Gasteiger partial charge in [0.05, 0.1) is 17.1 Å². The van der Waals surface area contributed by atoms with Crippen molar-refractivity contribution in [3.05, 3.63) is 46.3 Å². The van der Waals surface area contributed by atoms with E-state index in [0.717, 1.165) is 36.8 Å². The van der Waals surface area contributed by atoms with Crippen molar-refractivity contribution >= 4 is 39.2 Å². The number of esters is 1. The number of aromatic nitrogens is 1. The van der Waals surface area contributed by atoms with Crippen LogP contribution in [0, 0.1) is 0 Å². The first kappa shape index (κ1) is 20.4. The summed E-state index contributed by atoms with van der Waals surface area (Å²) in [5.74, 6) is -0.722. The minimum atomic E-state index is -3.65. The Balaban J connectivity index is 1.83. The molecule has 1 aliphatic heterocycles. The minimum absolute atomic E-state index is 0.0758. The first-order chi connectivity index (χ1) is 14.4. The molecule has 8 nitrogen and oxygen atoms in total. The first-order valence-corrected chi connectivity index (χ1v) is 11.4. The summed E-state index contributed by atoms with van der Waals surface area (Å²) in [6.07, 6.45) is 5.26. The third kappa shape index (κ3) is 3.44. The van der Waals surface area contributed by atoms with Crippen molar-refractivity contribution in [2.75, 3.05) is 19.0 Å². The molecule has 1 aromatic heterocycles. The maximum Gasteiger partial charge on any atom is 0.355 e. The Morgan fingerprint density at radius 3 is 2.67 bits per heavy atom. The molecule has 0 saturated heterocycles. The predicted octanol–water partition coefficient (Wildman–Crippen LogP) is 2.47. The highest BCUT2D eigenvalue weighted by molar-refractivity contribution is 7.89. The number of hydrogen-bond acceptors (Lipinski definition) is 5. The summed E-state index contributed by atoms with van der Waals surface area (Å²) in [5.41, 5.74) is 4.48. The van der Waals surface area contributed by atoms with Gasteiger partial charge in [0.15, 0.2) is 0 Å². The average molecular weight is 429 g/mol. The number of ether oxygens (including phenoxy) is 1. The van der Waals surface area contributed by atoms with Gasteiger partial charge in [0.2, 0.25) is 10.0 Å². The molecule has 0 atom stereocenters. The minimum Gasteiger partial charge on any atom is -0.461 e. The average Bonchev–Trinajstić information content (AvgIpc) is 3.26. The van der Waals surface area contributed by atoms with Crippen molar-refractivity contribution in [2.45, 2.75) is 37.5 Å². The van der Waals surface area contributed by atoms with E-state index in [1.165, 1.54) is 19.2 Å². The van der Waals surface area contributed by atoms with E-state index >= 15 is 0 Å². The van der Waals surface area contributed by atoms with Gasteiger partial charge >= 0.3 is 5.97 Å². The van der Waals surface area contributed by atoms with Crippen molar-refractivity contribution < 1.29 is 22.7 Å². The number of nitrogens with one attached hydrogen (secondary N) is 3. The number of carbonyl (C=O) groups excluding carboxylic acids is 2. The second-order valence-corrected chi connectivity index (χ2v) is 9.11. The van der Waals surface area contributed by atoms with Gasteiger partial charge in [-0.05, 0) is 75.1 Å². The van der Waals surface area contributed by atoms with Gasteiger partial charge in [-0.25, -0.2) is 17.9 Å². The van der Waals surface area contributed by atoms with Crippen LogP contribution in [0.5, 0.6) is 0 Å². The van der Waals surface area contributed by atoms with Crippen LogP contribution >= 0.6 is 0 Å². The first-order valence-electron chi connectivity index (χ1n) is 9.87. The van der Waals surface area contributed by atoms with E-state index in [2.05, 4.69) is 15.0 Å². The SMILES string of the molecule is CCOC(=O)c1[nH]c(C=C2C(=O)Nc3ccc(S(=O)(=O)NC)cc32)c2c1CCCC2. The smallest absolute Gasteiger partial charge is 0.355 e. The normalized spacial score (nSPS) is 16.9. The van der Waals surface area contributed by atoms with E-state index in [9.17, 15) is 18.0 Å². The molecule has 2 heterocycles. The van der Waals surface area contributed by atoms with Gasteiger partial charge in [0.1, 0.15) is 5.69 Å². The number of sulfonamides is 1. The molecule has 0 saturated carbocycles. The highest BCUT2D eigenvalue weighted by Gasteiger charge is 2.29. The van der Waals surface area contributed by atoms with Crippen molar-refractivity contribution in [3.8, 4) is 0 Å². The van der Waals surface area contributed by atoms with E-state index in [4.69, 9.17) is 4.74 Å². The van der Waals surface area contributed by atoms with Gasteiger partial charge in [-0.3, -0.25) is 4.79 Å². The van der Waals surface area contributed by atoms with Crippen LogP contribution in [0.2, 0.25) is 0 Å². The molecular formula is C21H23N3O5S. The van der Waals surface area contributed by atoms with Crippen molar-refractivity contribution in [3.63, 3.8) is 0 Å². The zero-order valence-electron chi connectivity index (χ0n) is 16.8. The Morgan fingerprint density at radius 1 is 1.23 bits per heavy atom. The van der Waals surface area contributed by atoms with Crippen LogP contribution in [0.3, 0.4) is 0 Å². The molecule has 2 aromatic rings. The second kappa shape index (κ2) is 7.73. The number of hydrogen-bond donors (Lipinski definition) is 3. The fourth-order valence-electron chi connectivity index (χ4n) is 4.00. The lowest BCUT2D eigenvalue weighted by Crippen LogP contribution is -2.18. The summed E-state index contributed by atoms with van der Waals surface area (Å²) < 4.78 is 31.8. The molecular weight excluding hydrogens is 406 g/mol. The van der Waals surface area contributed by atoms with Crippen molar-refractivity contribution in [2.24, 2.45) is 0 Å².